The Morgan fingerprint density at radius 3 is 3.05 bits per heavy atom. The maximum Gasteiger partial charge on any atom is 0.251 e. The number of hydrogen-bond donors (Lipinski definition) is 1. The summed E-state index contributed by atoms with van der Waals surface area (Å²) in [4.78, 5) is 18.6. The van der Waals surface area contributed by atoms with Crippen molar-refractivity contribution in [1.82, 2.24) is 9.97 Å². The van der Waals surface area contributed by atoms with E-state index in [0.717, 1.165) is 0 Å². The molecule has 1 aromatic carbocycles. The zero-order valence-electron chi connectivity index (χ0n) is 10.6. The fourth-order valence-electron chi connectivity index (χ4n) is 1.97. The Labute approximate surface area is 119 Å². The Balaban J connectivity index is 2.09. The van der Waals surface area contributed by atoms with E-state index in [4.69, 9.17) is 25.8 Å². The third-order valence-electron chi connectivity index (χ3n) is 2.79. The van der Waals surface area contributed by atoms with E-state index in [1.165, 1.54) is 6.07 Å². The summed E-state index contributed by atoms with van der Waals surface area (Å²) in [5.74, 6) is 1.45. The Morgan fingerprint density at radius 1 is 1.40 bits per heavy atom. The van der Waals surface area contributed by atoms with Crippen LogP contribution in [0.4, 0.5) is 0 Å². The van der Waals surface area contributed by atoms with Gasteiger partial charge in [-0.25, -0.2) is 4.98 Å². The Kier molecular flexibility index (Phi) is 3.33. The standard InChI is InChI=1S/C13H11ClN2O4/c1-18-5-8-4-11(17)16-13(15-8)7-2-9(14)12-10(3-7)19-6-20-12/h2-4H,5-6H2,1H3,(H,15,16,17). The van der Waals surface area contributed by atoms with Gasteiger partial charge >= 0.3 is 0 Å². The van der Waals surface area contributed by atoms with E-state index in [1.807, 2.05) is 0 Å². The quantitative estimate of drug-likeness (QED) is 0.937. The van der Waals surface area contributed by atoms with E-state index < -0.39 is 0 Å². The fraction of sp³-hybridized carbons (Fsp3) is 0.231. The van der Waals surface area contributed by atoms with Gasteiger partial charge in [-0.1, -0.05) is 11.6 Å². The topological polar surface area (TPSA) is 73.4 Å². The van der Waals surface area contributed by atoms with Crippen molar-refractivity contribution in [3.8, 4) is 22.9 Å². The molecule has 0 spiro atoms. The molecule has 0 saturated carbocycles. The van der Waals surface area contributed by atoms with Crippen molar-refractivity contribution in [2.45, 2.75) is 6.61 Å². The van der Waals surface area contributed by atoms with Gasteiger partial charge in [0.05, 0.1) is 17.3 Å². The number of ether oxygens (including phenoxy) is 3. The number of halogens is 1. The molecule has 6 nitrogen and oxygen atoms in total. The normalized spacial score (nSPS) is 12.7. The Bertz CT molecular complexity index is 714. The van der Waals surface area contributed by atoms with Gasteiger partial charge in [0.1, 0.15) is 5.82 Å². The van der Waals surface area contributed by atoms with Gasteiger partial charge in [-0.05, 0) is 12.1 Å². The van der Waals surface area contributed by atoms with Gasteiger partial charge in [0.2, 0.25) is 6.79 Å². The molecule has 0 atom stereocenters. The van der Waals surface area contributed by atoms with E-state index in [0.29, 0.717) is 33.6 Å². The highest BCUT2D eigenvalue weighted by atomic mass is 35.5. The van der Waals surface area contributed by atoms with E-state index in [1.54, 1.807) is 19.2 Å². The number of nitrogens with zero attached hydrogens (tertiary/aromatic N) is 1. The average Bonchev–Trinajstić information content (AvgIpc) is 2.87. The first-order valence-corrected chi connectivity index (χ1v) is 6.24. The van der Waals surface area contributed by atoms with E-state index in [-0.39, 0.29) is 19.0 Å². The molecule has 1 N–H and O–H groups in total. The van der Waals surface area contributed by atoms with E-state index in [9.17, 15) is 4.79 Å². The van der Waals surface area contributed by atoms with Crippen LogP contribution in [0.5, 0.6) is 11.5 Å². The Morgan fingerprint density at radius 2 is 2.25 bits per heavy atom. The predicted molar refractivity (Wildman–Crippen MR) is 72.1 cm³/mol. The molecule has 0 amide bonds. The third-order valence-corrected chi connectivity index (χ3v) is 3.07. The third kappa shape index (κ3) is 2.35. The van der Waals surface area contributed by atoms with Crippen LogP contribution in [0.2, 0.25) is 5.02 Å². The minimum absolute atomic E-state index is 0.131. The number of rotatable bonds is 3. The highest BCUT2D eigenvalue weighted by Crippen LogP contribution is 2.41. The molecule has 3 rings (SSSR count). The van der Waals surface area contributed by atoms with Crippen molar-refractivity contribution >= 4 is 11.6 Å². The first kappa shape index (κ1) is 13.0. The summed E-state index contributed by atoms with van der Waals surface area (Å²) in [5, 5.41) is 0.412. The van der Waals surface area contributed by atoms with Gasteiger partial charge in [-0.3, -0.25) is 4.79 Å². The molecular weight excluding hydrogens is 284 g/mol. The zero-order valence-corrected chi connectivity index (χ0v) is 11.4. The van der Waals surface area contributed by atoms with Crippen molar-refractivity contribution in [2.24, 2.45) is 0 Å². The summed E-state index contributed by atoms with van der Waals surface area (Å²) < 4.78 is 15.5. The van der Waals surface area contributed by atoms with Crippen LogP contribution in [0.25, 0.3) is 11.4 Å². The molecule has 1 aliphatic heterocycles. The van der Waals surface area contributed by atoms with Crippen LogP contribution in [-0.2, 0) is 11.3 Å². The van der Waals surface area contributed by atoms with Gasteiger partial charge in [0, 0.05) is 18.7 Å². The largest absolute Gasteiger partial charge is 0.454 e. The number of hydrogen-bond acceptors (Lipinski definition) is 5. The van der Waals surface area contributed by atoms with Gasteiger partial charge in [0.25, 0.3) is 5.56 Å². The van der Waals surface area contributed by atoms with E-state index in [2.05, 4.69) is 9.97 Å². The molecule has 7 heteroatoms. The first-order chi connectivity index (χ1) is 9.67. The minimum atomic E-state index is -0.254. The maximum atomic E-state index is 11.6. The molecule has 20 heavy (non-hydrogen) atoms. The smallest absolute Gasteiger partial charge is 0.251 e. The van der Waals surface area contributed by atoms with Crippen LogP contribution >= 0.6 is 11.6 Å². The lowest BCUT2D eigenvalue weighted by atomic mass is 10.2. The van der Waals surface area contributed by atoms with Crippen LogP contribution in [0, 0.1) is 0 Å². The fourth-order valence-corrected chi connectivity index (χ4v) is 2.24. The van der Waals surface area contributed by atoms with Gasteiger partial charge in [0.15, 0.2) is 11.5 Å². The average molecular weight is 295 g/mol. The molecule has 0 bridgehead atoms. The number of H-pyrrole nitrogens is 1. The molecule has 0 radical (unpaired) electrons. The van der Waals surface area contributed by atoms with Crippen LogP contribution in [-0.4, -0.2) is 23.9 Å². The molecule has 1 aliphatic rings. The molecule has 2 aromatic rings. The molecule has 2 heterocycles. The minimum Gasteiger partial charge on any atom is -0.454 e. The lowest BCUT2D eigenvalue weighted by Crippen LogP contribution is -2.10. The summed E-state index contributed by atoms with van der Waals surface area (Å²) in [6.07, 6.45) is 0. The van der Waals surface area contributed by atoms with Crippen molar-refractivity contribution < 1.29 is 14.2 Å². The highest BCUT2D eigenvalue weighted by Gasteiger charge is 2.19. The second kappa shape index (κ2) is 5.15. The summed E-state index contributed by atoms with van der Waals surface area (Å²) in [6, 6.07) is 4.79. The number of aromatic nitrogens is 2. The second-order valence-corrected chi connectivity index (χ2v) is 4.62. The van der Waals surface area contributed by atoms with Crippen molar-refractivity contribution in [1.29, 1.82) is 0 Å². The van der Waals surface area contributed by atoms with Crippen LogP contribution in [0.1, 0.15) is 5.69 Å². The second-order valence-electron chi connectivity index (χ2n) is 4.21. The molecule has 104 valence electrons. The van der Waals surface area contributed by atoms with Crippen LogP contribution in [0.15, 0.2) is 23.0 Å². The molecule has 1 aromatic heterocycles. The molecule has 0 aliphatic carbocycles. The first-order valence-electron chi connectivity index (χ1n) is 5.86. The zero-order chi connectivity index (χ0) is 14.1. The van der Waals surface area contributed by atoms with Crippen LogP contribution in [0.3, 0.4) is 0 Å². The molecule has 0 unspecified atom stereocenters. The maximum absolute atomic E-state index is 11.6. The molecule has 0 fully saturated rings. The monoisotopic (exact) mass is 294 g/mol. The summed E-state index contributed by atoms with van der Waals surface area (Å²) in [7, 11) is 1.54. The lowest BCUT2D eigenvalue weighted by Gasteiger charge is -2.06. The van der Waals surface area contributed by atoms with E-state index >= 15 is 0 Å². The number of fused-ring (bicyclic) bond motifs is 1. The summed E-state index contributed by atoms with van der Waals surface area (Å²) in [6.45, 7) is 0.390. The molecule has 0 saturated heterocycles. The van der Waals surface area contributed by atoms with Crippen molar-refractivity contribution in [2.75, 3.05) is 13.9 Å². The van der Waals surface area contributed by atoms with Crippen molar-refractivity contribution in [3.05, 3.63) is 39.3 Å². The van der Waals surface area contributed by atoms with Crippen molar-refractivity contribution in [3.63, 3.8) is 0 Å². The van der Waals surface area contributed by atoms with Crippen LogP contribution < -0.4 is 15.0 Å². The van der Waals surface area contributed by atoms with Gasteiger partial charge < -0.3 is 19.2 Å². The summed E-state index contributed by atoms with van der Waals surface area (Å²) >= 11 is 6.12. The van der Waals surface area contributed by atoms with Gasteiger partial charge in [-0.2, -0.15) is 0 Å². The predicted octanol–water partition coefficient (Wildman–Crippen LogP) is 1.97. The lowest BCUT2D eigenvalue weighted by molar-refractivity contribution is 0.174. The SMILES string of the molecule is COCc1cc(=O)[nH]c(-c2cc(Cl)c3c(c2)OCO3)n1. The Hall–Kier alpha value is -2.05. The summed E-state index contributed by atoms with van der Waals surface area (Å²) in [5.41, 5.74) is 0.935. The number of aromatic amines is 1. The number of nitrogens with one attached hydrogen (secondary N) is 1. The number of benzene rings is 1. The molecular formula is C13H11ClN2O4. The number of methoxy groups -OCH3 is 1. The highest BCUT2D eigenvalue weighted by molar-refractivity contribution is 6.32. The van der Waals surface area contributed by atoms with Gasteiger partial charge in [-0.15, -0.1) is 0 Å².